The Morgan fingerprint density at radius 1 is 1.46 bits per heavy atom. The predicted molar refractivity (Wildman–Crippen MR) is 48.6 cm³/mol. The topological polar surface area (TPSA) is 90.2 Å². The molecule has 5 nitrogen and oxygen atoms in total. The Kier molecular flexibility index (Phi) is 2.44. The lowest BCUT2D eigenvalue weighted by Gasteiger charge is -2.05. The molecule has 1 rings (SSSR count). The SMILES string of the molecule is CNc1ccc([NH])cc1S(=O)(=O)O. The lowest BCUT2D eigenvalue weighted by atomic mass is 10.3. The first-order valence-electron chi connectivity index (χ1n) is 3.46. The maximum absolute atomic E-state index is 10.8. The van der Waals surface area contributed by atoms with Crippen LogP contribution in [-0.2, 0) is 10.1 Å². The molecule has 0 amide bonds. The summed E-state index contributed by atoms with van der Waals surface area (Å²) in [6.07, 6.45) is 0. The van der Waals surface area contributed by atoms with Crippen molar-refractivity contribution in [2.45, 2.75) is 4.90 Å². The minimum absolute atomic E-state index is 0.0339. The summed E-state index contributed by atoms with van der Waals surface area (Å²) in [6.45, 7) is 0. The minimum atomic E-state index is -4.25. The van der Waals surface area contributed by atoms with E-state index in [1.165, 1.54) is 19.2 Å². The van der Waals surface area contributed by atoms with Crippen LogP contribution in [0, 0.1) is 0 Å². The normalized spacial score (nSPS) is 11.2. The molecule has 3 N–H and O–H groups in total. The van der Waals surface area contributed by atoms with Crippen molar-refractivity contribution in [2.75, 3.05) is 12.4 Å². The van der Waals surface area contributed by atoms with Gasteiger partial charge in [0.2, 0.25) is 0 Å². The molecule has 0 atom stereocenters. The summed E-state index contributed by atoms with van der Waals surface area (Å²) in [7, 11) is -2.72. The second kappa shape index (κ2) is 3.23. The molecule has 71 valence electrons. The molecule has 0 saturated carbocycles. The van der Waals surface area contributed by atoms with Crippen LogP contribution < -0.4 is 11.1 Å². The average molecular weight is 201 g/mol. The molecule has 1 aromatic rings. The van der Waals surface area contributed by atoms with E-state index in [4.69, 9.17) is 10.3 Å². The molecule has 0 aliphatic heterocycles. The average Bonchev–Trinajstić information content (AvgIpc) is 2.03. The molecule has 0 fully saturated rings. The van der Waals surface area contributed by atoms with Crippen molar-refractivity contribution in [2.24, 2.45) is 0 Å². The van der Waals surface area contributed by atoms with Gasteiger partial charge < -0.3 is 11.1 Å². The van der Waals surface area contributed by atoms with Gasteiger partial charge in [0.1, 0.15) is 4.90 Å². The van der Waals surface area contributed by atoms with E-state index >= 15 is 0 Å². The monoisotopic (exact) mass is 201 g/mol. The highest BCUT2D eigenvalue weighted by Gasteiger charge is 2.14. The number of hydrogen-bond donors (Lipinski definition) is 2. The van der Waals surface area contributed by atoms with Crippen molar-refractivity contribution in [3.63, 3.8) is 0 Å². The summed E-state index contributed by atoms with van der Waals surface area (Å²) in [5.41, 5.74) is 7.49. The number of anilines is 1. The zero-order valence-electron chi connectivity index (χ0n) is 6.90. The van der Waals surface area contributed by atoms with Gasteiger partial charge in [-0.15, -0.1) is 0 Å². The van der Waals surface area contributed by atoms with Gasteiger partial charge in [-0.05, 0) is 18.2 Å². The van der Waals surface area contributed by atoms with E-state index in [-0.39, 0.29) is 16.3 Å². The number of rotatable bonds is 2. The second-order valence-electron chi connectivity index (χ2n) is 2.44. The molecule has 0 aromatic heterocycles. The van der Waals surface area contributed by atoms with Gasteiger partial charge in [0.05, 0.1) is 11.4 Å². The van der Waals surface area contributed by atoms with Crippen molar-refractivity contribution in [1.82, 2.24) is 5.73 Å². The van der Waals surface area contributed by atoms with Crippen LogP contribution in [0.5, 0.6) is 0 Å². The lowest BCUT2D eigenvalue weighted by Crippen LogP contribution is -2.03. The van der Waals surface area contributed by atoms with E-state index in [1.54, 1.807) is 0 Å². The summed E-state index contributed by atoms with van der Waals surface area (Å²) >= 11 is 0. The Balaban J connectivity index is 3.41. The van der Waals surface area contributed by atoms with Crippen molar-refractivity contribution in [1.29, 1.82) is 0 Å². The molecular weight excluding hydrogens is 192 g/mol. The van der Waals surface area contributed by atoms with Crippen LogP contribution in [0.2, 0.25) is 0 Å². The molecule has 0 unspecified atom stereocenters. The van der Waals surface area contributed by atoms with Crippen LogP contribution in [0.3, 0.4) is 0 Å². The third kappa shape index (κ3) is 2.10. The molecule has 1 aromatic carbocycles. The highest BCUT2D eigenvalue weighted by molar-refractivity contribution is 7.86. The fourth-order valence-electron chi connectivity index (χ4n) is 0.942. The molecule has 6 heteroatoms. The maximum atomic E-state index is 10.8. The first kappa shape index (κ1) is 9.82. The molecule has 1 radical (unpaired) electrons. The van der Waals surface area contributed by atoms with E-state index in [2.05, 4.69) is 5.32 Å². The summed E-state index contributed by atoms with van der Waals surface area (Å²) in [4.78, 5) is -0.275. The van der Waals surface area contributed by atoms with Gasteiger partial charge >= 0.3 is 0 Å². The fourth-order valence-corrected chi connectivity index (χ4v) is 1.67. The van der Waals surface area contributed by atoms with Crippen molar-refractivity contribution >= 4 is 21.5 Å². The van der Waals surface area contributed by atoms with E-state index in [9.17, 15) is 8.42 Å². The molecule has 13 heavy (non-hydrogen) atoms. The van der Waals surface area contributed by atoms with Gasteiger partial charge in [0.25, 0.3) is 10.1 Å². The Labute approximate surface area is 76.3 Å². The van der Waals surface area contributed by atoms with Crippen LogP contribution in [0.15, 0.2) is 23.1 Å². The largest absolute Gasteiger partial charge is 0.387 e. The van der Waals surface area contributed by atoms with E-state index in [0.717, 1.165) is 6.07 Å². The predicted octanol–water partition coefficient (Wildman–Crippen LogP) is 0.889. The fraction of sp³-hybridized carbons (Fsp3) is 0.143. The molecule has 0 aliphatic rings. The van der Waals surface area contributed by atoms with Crippen molar-refractivity contribution in [3.8, 4) is 0 Å². The van der Waals surface area contributed by atoms with Crippen LogP contribution in [0.1, 0.15) is 0 Å². The summed E-state index contributed by atoms with van der Waals surface area (Å²) in [5.74, 6) is 0. The van der Waals surface area contributed by atoms with Crippen molar-refractivity contribution in [3.05, 3.63) is 18.2 Å². The minimum Gasteiger partial charge on any atom is -0.387 e. The van der Waals surface area contributed by atoms with Gasteiger partial charge in [0.15, 0.2) is 0 Å². The molecule has 0 aliphatic carbocycles. The van der Waals surface area contributed by atoms with Crippen LogP contribution in [0.25, 0.3) is 0 Å². The van der Waals surface area contributed by atoms with Gasteiger partial charge in [-0.3, -0.25) is 4.55 Å². The molecule has 0 saturated heterocycles. The molecule has 0 bridgehead atoms. The zero-order chi connectivity index (χ0) is 10.1. The Bertz CT molecular complexity index is 414. The third-order valence-corrected chi connectivity index (χ3v) is 2.42. The molecule has 0 heterocycles. The van der Waals surface area contributed by atoms with Gasteiger partial charge in [0, 0.05) is 7.05 Å². The highest BCUT2D eigenvalue weighted by Crippen LogP contribution is 2.23. The second-order valence-corrected chi connectivity index (χ2v) is 3.83. The van der Waals surface area contributed by atoms with E-state index < -0.39 is 10.1 Å². The van der Waals surface area contributed by atoms with E-state index in [1.807, 2.05) is 0 Å². The quantitative estimate of drug-likeness (QED) is 0.695. The summed E-state index contributed by atoms with van der Waals surface area (Å²) in [5, 5.41) is 2.61. The standard InChI is InChI=1S/C7H9N2O3S/c1-9-6-3-2-5(8)4-7(6)13(10,11)12/h2-4,8-9H,1H3,(H,10,11,12). The highest BCUT2D eigenvalue weighted by atomic mass is 32.2. The van der Waals surface area contributed by atoms with Crippen LogP contribution in [-0.4, -0.2) is 20.0 Å². The van der Waals surface area contributed by atoms with E-state index in [0.29, 0.717) is 0 Å². The zero-order valence-corrected chi connectivity index (χ0v) is 7.72. The first-order valence-corrected chi connectivity index (χ1v) is 4.90. The van der Waals surface area contributed by atoms with Crippen molar-refractivity contribution < 1.29 is 13.0 Å². The maximum Gasteiger partial charge on any atom is 0.296 e. The molecular formula is C7H9N2O3S. The Morgan fingerprint density at radius 2 is 2.08 bits per heavy atom. The Morgan fingerprint density at radius 3 is 2.54 bits per heavy atom. The molecule has 0 spiro atoms. The Hall–Kier alpha value is -1.27. The van der Waals surface area contributed by atoms with Gasteiger partial charge in [-0.2, -0.15) is 8.42 Å². The third-order valence-electron chi connectivity index (χ3n) is 1.53. The smallest absolute Gasteiger partial charge is 0.296 e. The lowest BCUT2D eigenvalue weighted by molar-refractivity contribution is 0.483. The first-order chi connectivity index (χ1) is 5.95. The summed E-state index contributed by atoms with van der Waals surface area (Å²) < 4.78 is 30.4. The number of hydrogen-bond acceptors (Lipinski definition) is 3. The number of benzene rings is 1. The van der Waals surface area contributed by atoms with Gasteiger partial charge in [-0.1, -0.05) is 0 Å². The van der Waals surface area contributed by atoms with Gasteiger partial charge in [-0.25, -0.2) is 0 Å². The van der Waals surface area contributed by atoms with Crippen LogP contribution >= 0.6 is 0 Å². The number of nitrogens with one attached hydrogen (secondary N) is 2. The summed E-state index contributed by atoms with van der Waals surface area (Å²) in [6, 6.07) is 3.94. The van der Waals surface area contributed by atoms with Crippen LogP contribution in [0.4, 0.5) is 11.4 Å².